The Labute approximate surface area is 119 Å². The molecule has 0 aliphatic rings. The Hall–Kier alpha value is -2.72. The molecule has 0 bridgehead atoms. The van der Waals surface area contributed by atoms with Gasteiger partial charge in [-0.05, 0) is 12.1 Å². The molecule has 0 aliphatic carbocycles. The normalized spacial score (nSPS) is 10.4. The molecule has 98 valence electrons. The van der Waals surface area contributed by atoms with E-state index in [9.17, 15) is 5.26 Å². The molecule has 3 aromatic heterocycles. The number of aromatic nitrogens is 4. The predicted molar refractivity (Wildman–Crippen MR) is 76.7 cm³/mol. The maximum Gasteiger partial charge on any atom is 0.142 e. The SMILES string of the molecule is Cn1nccc1-c1cc(-c2nccs2)nc(N)c1C#N. The number of nitrogens with zero attached hydrogens (tertiary/aromatic N) is 5. The van der Waals surface area contributed by atoms with Gasteiger partial charge in [-0.15, -0.1) is 11.3 Å². The predicted octanol–water partition coefficient (Wildman–Crippen LogP) is 2.06. The van der Waals surface area contributed by atoms with Crippen molar-refractivity contribution in [3.63, 3.8) is 0 Å². The van der Waals surface area contributed by atoms with E-state index in [0.29, 0.717) is 16.8 Å². The average Bonchev–Trinajstić information content (AvgIpc) is 3.08. The van der Waals surface area contributed by atoms with E-state index < -0.39 is 0 Å². The monoisotopic (exact) mass is 282 g/mol. The third kappa shape index (κ3) is 1.92. The highest BCUT2D eigenvalue weighted by Crippen LogP contribution is 2.31. The minimum Gasteiger partial charge on any atom is -0.383 e. The molecule has 0 saturated heterocycles. The van der Waals surface area contributed by atoms with E-state index in [4.69, 9.17) is 5.73 Å². The fraction of sp³-hybridized carbons (Fsp3) is 0.0769. The molecule has 0 saturated carbocycles. The molecule has 0 aromatic carbocycles. The molecule has 3 heterocycles. The molecule has 0 radical (unpaired) electrons. The Morgan fingerprint density at radius 1 is 1.40 bits per heavy atom. The minimum atomic E-state index is 0.205. The van der Waals surface area contributed by atoms with Gasteiger partial charge in [0.25, 0.3) is 0 Å². The molecule has 3 aromatic rings. The van der Waals surface area contributed by atoms with Gasteiger partial charge >= 0.3 is 0 Å². The number of hydrogen-bond donors (Lipinski definition) is 1. The summed E-state index contributed by atoms with van der Waals surface area (Å²) in [5.41, 5.74) is 8.45. The Bertz CT molecular complexity index is 797. The quantitative estimate of drug-likeness (QED) is 0.776. The van der Waals surface area contributed by atoms with Crippen LogP contribution in [0.4, 0.5) is 5.82 Å². The number of nitriles is 1. The van der Waals surface area contributed by atoms with E-state index in [1.807, 2.05) is 24.6 Å². The van der Waals surface area contributed by atoms with E-state index in [1.54, 1.807) is 17.1 Å². The molecular weight excluding hydrogens is 272 g/mol. The highest BCUT2D eigenvalue weighted by Gasteiger charge is 2.16. The van der Waals surface area contributed by atoms with Gasteiger partial charge in [-0.3, -0.25) is 4.68 Å². The van der Waals surface area contributed by atoms with Crippen LogP contribution in [0.25, 0.3) is 22.0 Å². The van der Waals surface area contributed by atoms with Gasteiger partial charge < -0.3 is 5.73 Å². The first-order valence-corrected chi connectivity index (χ1v) is 6.67. The van der Waals surface area contributed by atoms with Crippen LogP contribution >= 0.6 is 11.3 Å². The summed E-state index contributed by atoms with van der Waals surface area (Å²) in [7, 11) is 1.82. The van der Waals surface area contributed by atoms with E-state index in [0.717, 1.165) is 10.7 Å². The molecule has 3 rings (SSSR count). The number of hydrogen-bond acceptors (Lipinski definition) is 6. The van der Waals surface area contributed by atoms with Crippen LogP contribution in [-0.4, -0.2) is 19.7 Å². The fourth-order valence-corrected chi connectivity index (χ4v) is 2.58. The van der Waals surface area contributed by atoms with Gasteiger partial charge in [-0.1, -0.05) is 0 Å². The summed E-state index contributed by atoms with van der Waals surface area (Å²) in [6, 6.07) is 5.76. The molecule has 2 N–H and O–H groups in total. The second-order valence-electron chi connectivity index (χ2n) is 4.10. The second-order valence-corrected chi connectivity index (χ2v) is 5.00. The Kier molecular flexibility index (Phi) is 2.93. The third-order valence-electron chi connectivity index (χ3n) is 2.91. The summed E-state index contributed by atoms with van der Waals surface area (Å²) in [5, 5.41) is 16.1. The van der Waals surface area contributed by atoms with Crippen LogP contribution in [0.3, 0.4) is 0 Å². The van der Waals surface area contributed by atoms with E-state index in [1.165, 1.54) is 11.3 Å². The van der Waals surface area contributed by atoms with Gasteiger partial charge in [-0.2, -0.15) is 10.4 Å². The van der Waals surface area contributed by atoms with Gasteiger partial charge in [0.1, 0.15) is 28.2 Å². The van der Waals surface area contributed by atoms with Crippen LogP contribution < -0.4 is 5.73 Å². The Morgan fingerprint density at radius 3 is 2.85 bits per heavy atom. The first-order valence-electron chi connectivity index (χ1n) is 5.79. The molecule has 0 unspecified atom stereocenters. The van der Waals surface area contributed by atoms with Crippen molar-refractivity contribution in [3.05, 3.63) is 35.5 Å². The number of pyridine rings is 1. The molecular formula is C13H10N6S. The van der Waals surface area contributed by atoms with Gasteiger partial charge in [0.15, 0.2) is 0 Å². The number of anilines is 1. The maximum atomic E-state index is 9.30. The smallest absolute Gasteiger partial charge is 0.142 e. The Balaban J connectivity index is 2.27. The van der Waals surface area contributed by atoms with Gasteiger partial charge in [0.05, 0.1) is 5.69 Å². The molecule has 0 fully saturated rings. The summed E-state index contributed by atoms with van der Waals surface area (Å²) in [6.45, 7) is 0. The number of thiazole rings is 1. The van der Waals surface area contributed by atoms with Crippen LogP contribution in [0.5, 0.6) is 0 Å². The average molecular weight is 282 g/mol. The standard InChI is InChI=1S/C13H10N6S/c1-19-11(2-3-17-19)8-6-10(13-16-4-5-20-13)18-12(15)9(8)7-14/h2-6H,1H3,(H2,15,18). The van der Waals surface area contributed by atoms with E-state index in [2.05, 4.69) is 21.1 Å². The van der Waals surface area contributed by atoms with Crippen molar-refractivity contribution in [1.82, 2.24) is 19.7 Å². The van der Waals surface area contributed by atoms with Crippen molar-refractivity contribution in [2.24, 2.45) is 7.05 Å². The van der Waals surface area contributed by atoms with Crippen molar-refractivity contribution >= 4 is 17.2 Å². The Morgan fingerprint density at radius 2 is 2.25 bits per heavy atom. The molecule has 0 aliphatic heterocycles. The highest BCUT2D eigenvalue weighted by atomic mass is 32.1. The lowest BCUT2D eigenvalue weighted by molar-refractivity contribution is 0.775. The van der Waals surface area contributed by atoms with Crippen molar-refractivity contribution in [3.8, 4) is 28.0 Å². The number of rotatable bonds is 2. The lowest BCUT2D eigenvalue weighted by Crippen LogP contribution is -2.02. The fourth-order valence-electron chi connectivity index (χ4n) is 1.98. The maximum absolute atomic E-state index is 9.30. The first kappa shape index (κ1) is 12.3. The number of aryl methyl sites for hydroxylation is 1. The van der Waals surface area contributed by atoms with Gasteiger partial charge in [-0.25, -0.2) is 9.97 Å². The van der Waals surface area contributed by atoms with Crippen molar-refractivity contribution in [2.45, 2.75) is 0 Å². The topological polar surface area (TPSA) is 93.4 Å². The summed E-state index contributed by atoms with van der Waals surface area (Å²) in [4.78, 5) is 8.48. The number of nitrogen functional groups attached to an aromatic ring is 1. The summed E-state index contributed by atoms with van der Waals surface area (Å²) >= 11 is 1.47. The zero-order valence-corrected chi connectivity index (χ0v) is 11.4. The summed E-state index contributed by atoms with van der Waals surface area (Å²) in [5.74, 6) is 0.205. The van der Waals surface area contributed by atoms with Crippen molar-refractivity contribution in [1.29, 1.82) is 5.26 Å². The van der Waals surface area contributed by atoms with Crippen LogP contribution in [0.1, 0.15) is 5.56 Å². The summed E-state index contributed by atoms with van der Waals surface area (Å²) in [6.07, 6.45) is 3.38. The van der Waals surface area contributed by atoms with Crippen LogP contribution in [0, 0.1) is 11.3 Å². The second kappa shape index (κ2) is 4.75. The van der Waals surface area contributed by atoms with Crippen molar-refractivity contribution in [2.75, 3.05) is 5.73 Å². The zero-order chi connectivity index (χ0) is 14.1. The van der Waals surface area contributed by atoms with Crippen LogP contribution in [0.2, 0.25) is 0 Å². The molecule has 0 spiro atoms. The lowest BCUT2D eigenvalue weighted by atomic mass is 10.1. The molecule has 0 atom stereocenters. The third-order valence-corrected chi connectivity index (χ3v) is 3.70. The van der Waals surface area contributed by atoms with Gasteiger partial charge in [0.2, 0.25) is 0 Å². The van der Waals surface area contributed by atoms with Gasteiger partial charge in [0, 0.05) is 30.4 Å². The van der Waals surface area contributed by atoms with E-state index >= 15 is 0 Å². The molecule has 7 heteroatoms. The first-order chi connectivity index (χ1) is 9.70. The highest BCUT2D eigenvalue weighted by molar-refractivity contribution is 7.13. The minimum absolute atomic E-state index is 0.205. The van der Waals surface area contributed by atoms with Crippen molar-refractivity contribution < 1.29 is 0 Å². The summed E-state index contributed by atoms with van der Waals surface area (Å²) < 4.78 is 1.70. The van der Waals surface area contributed by atoms with E-state index in [-0.39, 0.29) is 5.82 Å². The molecule has 0 amide bonds. The number of nitrogens with two attached hydrogens (primary N) is 1. The lowest BCUT2D eigenvalue weighted by Gasteiger charge is -2.08. The van der Waals surface area contributed by atoms with Crippen LogP contribution in [-0.2, 0) is 7.05 Å². The molecule has 20 heavy (non-hydrogen) atoms. The van der Waals surface area contributed by atoms with Crippen LogP contribution in [0.15, 0.2) is 29.9 Å². The largest absolute Gasteiger partial charge is 0.383 e. The molecule has 6 nitrogen and oxygen atoms in total. The zero-order valence-electron chi connectivity index (χ0n) is 10.6.